The number of likely N-dealkylation sites (N-methyl/N-ethyl adjacent to an activating group) is 1. The number of hydrogen-bond acceptors (Lipinski definition) is 3. The number of halogens is 2. The molecule has 1 atom stereocenters. The average molecular weight is 404 g/mol. The summed E-state index contributed by atoms with van der Waals surface area (Å²) in [5.74, 6) is -1.67. The summed E-state index contributed by atoms with van der Waals surface area (Å²) in [5, 5.41) is 2.95. The number of rotatable bonds is 9. The van der Waals surface area contributed by atoms with Gasteiger partial charge in [-0.2, -0.15) is 0 Å². The van der Waals surface area contributed by atoms with E-state index in [1.54, 1.807) is 26.2 Å². The standard InChI is InChI=1S/C22H26F2N2O3/c1-4-19(16-7-5-6-8-20(16)29-14-22(28)26(2)3)25-21(27)12-10-15-9-11-17(23)18(24)13-15/h5-9,11,13,19H,4,10,12,14H2,1-3H3,(H,25,27). The molecule has 0 saturated heterocycles. The quantitative estimate of drug-likeness (QED) is 0.694. The van der Waals surface area contributed by atoms with Crippen molar-refractivity contribution in [1.29, 1.82) is 0 Å². The van der Waals surface area contributed by atoms with E-state index in [1.165, 1.54) is 11.0 Å². The van der Waals surface area contributed by atoms with E-state index in [-0.39, 0.29) is 30.9 Å². The van der Waals surface area contributed by atoms with Gasteiger partial charge >= 0.3 is 0 Å². The molecule has 5 nitrogen and oxygen atoms in total. The molecule has 0 saturated carbocycles. The number of nitrogens with zero attached hydrogens (tertiary/aromatic N) is 1. The van der Waals surface area contributed by atoms with Gasteiger partial charge in [-0.1, -0.05) is 31.2 Å². The summed E-state index contributed by atoms with van der Waals surface area (Å²) in [7, 11) is 3.30. The SMILES string of the molecule is CCC(NC(=O)CCc1ccc(F)c(F)c1)c1ccccc1OCC(=O)N(C)C. The Morgan fingerprint density at radius 3 is 2.48 bits per heavy atom. The zero-order valence-electron chi connectivity index (χ0n) is 16.9. The van der Waals surface area contributed by atoms with Crippen LogP contribution in [-0.2, 0) is 16.0 Å². The fraction of sp³-hybridized carbons (Fsp3) is 0.364. The van der Waals surface area contributed by atoms with Gasteiger partial charge < -0.3 is 15.0 Å². The Bertz CT molecular complexity index is 856. The van der Waals surface area contributed by atoms with Crippen molar-refractivity contribution in [3.8, 4) is 5.75 Å². The smallest absolute Gasteiger partial charge is 0.259 e. The number of carbonyl (C=O) groups excluding carboxylic acids is 2. The molecule has 0 aromatic heterocycles. The van der Waals surface area contributed by atoms with Crippen molar-refractivity contribution in [2.45, 2.75) is 32.2 Å². The van der Waals surface area contributed by atoms with Crippen LogP contribution in [0.1, 0.15) is 36.9 Å². The van der Waals surface area contributed by atoms with Crippen LogP contribution in [-0.4, -0.2) is 37.4 Å². The van der Waals surface area contributed by atoms with E-state index in [0.29, 0.717) is 24.2 Å². The Hall–Kier alpha value is -2.96. The average Bonchev–Trinajstić information content (AvgIpc) is 2.71. The van der Waals surface area contributed by atoms with E-state index >= 15 is 0 Å². The van der Waals surface area contributed by atoms with E-state index in [9.17, 15) is 18.4 Å². The summed E-state index contributed by atoms with van der Waals surface area (Å²) in [6.07, 6.45) is 1.07. The van der Waals surface area contributed by atoms with Gasteiger partial charge in [0.25, 0.3) is 5.91 Å². The van der Waals surface area contributed by atoms with Crippen LogP contribution in [0.25, 0.3) is 0 Å². The minimum Gasteiger partial charge on any atom is -0.483 e. The molecule has 29 heavy (non-hydrogen) atoms. The number of nitrogens with one attached hydrogen (secondary N) is 1. The van der Waals surface area contributed by atoms with Crippen molar-refractivity contribution in [2.75, 3.05) is 20.7 Å². The monoisotopic (exact) mass is 404 g/mol. The van der Waals surface area contributed by atoms with Crippen molar-refractivity contribution in [3.05, 3.63) is 65.2 Å². The number of ether oxygens (including phenoxy) is 1. The van der Waals surface area contributed by atoms with E-state index in [4.69, 9.17) is 4.74 Å². The summed E-state index contributed by atoms with van der Waals surface area (Å²) in [6.45, 7) is 1.84. The molecule has 0 aliphatic rings. The Morgan fingerprint density at radius 2 is 1.83 bits per heavy atom. The molecule has 0 aliphatic carbocycles. The lowest BCUT2D eigenvalue weighted by atomic mass is 10.0. The molecule has 0 heterocycles. The summed E-state index contributed by atoms with van der Waals surface area (Å²) in [6, 6.07) is 10.6. The Kier molecular flexibility index (Phi) is 8.12. The lowest BCUT2D eigenvalue weighted by Gasteiger charge is -2.21. The van der Waals surface area contributed by atoms with E-state index in [1.807, 2.05) is 19.1 Å². The highest BCUT2D eigenvalue weighted by molar-refractivity contribution is 5.77. The van der Waals surface area contributed by atoms with Crippen LogP contribution in [0.5, 0.6) is 5.75 Å². The predicted molar refractivity (Wildman–Crippen MR) is 106 cm³/mol. The number of amides is 2. The minimum absolute atomic E-state index is 0.0927. The van der Waals surface area contributed by atoms with Crippen molar-refractivity contribution in [3.63, 3.8) is 0 Å². The third-order valence-electron chi connectivity index (χ3n) is 4.51. The Balaban J connectivity index is 2.00. The number of benzene rings is 2. The molecule has 7 heteroatoms. The molecular weight excluding hydrogens is 378 g/mol. The van der Waals surface area contributed by atoms with Crippen LogP contribution in [0.3, 0.4) is 0 Å². The molecule has 0 spiro atoms. The lowest BCUT2D eigenvalue weighted by molar-refractivity contribution is -0.130. The molecule has 0 fully saturated rings. The summed E-state index contributed by atoms with van der Waals surface area (Å²) < 4.78 is 32.0. The van der Waals surface area contributed by atoms with Crippen LogP contribution >= 0.6 is 0 Å². The highest BCUT2D eigenvalue weighted by Gasteiger charge is 2.18. The third kappa shape index (κ3) is 6.55. The van der Waals surface area contributed by atoms with E-state index < -0.39 is 11.6 Å². The maximum atomic E-state index is 13.3. The van der Waals surface area contributed by atoms with Crippen molar-refractivity contribution < 1.29 is 23.1 Å². The van der Waals surface area contributed by atoms with Crippen molar-refractivity contribution in [1.82, 2.24) is 10.2 Å². The summed E-state index contributed by atoms with van der Waals surface area (Å²) in [4.78, 5) is 25.6. The van der Waals surface area contributed by atoms with Crippen LogP contribution in [0.4, 0.5) is 8.78 Å². The maximum absolute atomic E-state index is 13.3. The van der Waals surface area contributed by atoms with E-state index in [0.717, 1.165) is 17.7 Å². The Morgan fingerprint density at radius 1 is 1.10 bits per heavy atom. The zero-order chi connectivity index (χ0) is 21.4. The molecular formula is C22H26F2N2O3. The normalized spacial score (nSPS) is 11.6. The van der Waals surface area contributed by atoms with Crippen LogP contribution in [0, 0.1) is 11.6 Å². The summed E-state index contributed by atoms with van der Waals surface area (Å²) in [5.41, 5.74) is 1.33. The van der Waals surface area contributed by atoms with Gasteiger partial charge in [0, 0.05) is 26.1 Å². The molecule has 2 aromatic rings. The second-order valence-corrected chi connectivity index (χ2v) is 6.89. The summed E-state index contributed by atoms with van der Waals surface area (Å²) >= 11 is 0. The maximum Gasteiger partial charge on any atom is 0.259 e. The fourth-order valence-corrected chi connectivity index (χ4v) is 2.79. The Labute approximate surface area is 169 Å². The highest BCUT2D eigenvalue weighted by Crippen LogP contribution is 2.27. The first-order valence-electron chi connectivity index (χ1n) is 9.47. The van der Waals surface area contributed by atoms with Crippen LogP contribution < -0.4 is 10.1 Å². The zero-order valence-corrected chi connectivity index (χ0v) is 16.9. The molecule has 0 radical (unpaired) electrons. The molecule has 2 aromatic carbocycles. The van der Waals surface area contributed by atoms with Gasteiger partial charge in [-0.3, -0.25) is 9.59 Å². The second-order valence-electron chi connectivity index (χ2n) is 6.89. The molecule has 1 unspecified atom stereocenters. The van der Waals surface area contributed by atoms with Gasteiger partial charge in [-0.25, -0.2) is 8.78 Å². The number of carbonyl (C=O) groups is 2. The first-order valence-corrected chi connectivity index (χ1v) is 9.47. The molecule has 156 valence electrons. The first kappa shape index (κ1) is 22.3. The highest BCUT2D eigenvalue weighted by atomic mass is 19.2. The van der Waals surface area contributed by atoms with Gasteiger partial charge in [-0.15, -0.1) is 0 Å². The largest absolute Gasteiger partial charge is 0.483 e. The second kappa shape index (κ2) is 10.5. The molecule has 0 bridgehead atoms. The van der Waals surface area contributed by atoms with E-state index in [2.05, 4.69) is 5.32 Å². The third-order valence-corrected chi connectivity index (χ3v) is 4.51. The molecule has 2 amide bonds. The van der Waals surface area contributed by atoms with Crippen LogP contribution in [0.2, 0.25) is 0 Å². The fourth-order valence-electron chi connectivity index (χ4n) is 2.79. The van der Waals surface area contributed by atoms with Gasteiger partial charge in [0.1, 0.15) is 5.75 Å². The number of aryl methyl sites for hydroxylation is 1. The van der Waals surface area contributed by atoms with Gasteiger partial charge in [0.15, 0.2) is 18.2 Å². The van der Waals surface area contributed by atoms with Gasteiger partial charge in [0.05, 0.1) is 6.04 Å². The molecule has 2 rings (SSSR count). The molecule has 0 aliphatic heterocycles. The number of para-hydroxylation sites is 1. The van der Waals surface area contributed by atoms with Gasteiger partial charge in [-0.05, 0) is 36.6 Å². The predicted octanol–water partition coefficient (Wildman–Crippen LogP) is 3.63. The van der Waals surface area contributed by atoms with Crippen molar-refractivity contribution >= 4 is 11.8 Å². The first-order chi connectivity index (χ1) is 13.8. The van der Waals surface area contributed by atoms with Gasteiger partial charge in [0.2, 0.25) is 5.91 Å². The minimum atomic E-state index is -0.923. The lowest BCUT2D eigenvalue weighted by Crippen LogP contribution is -2.30. The topological polar surface area (TPSA) is 58.6 Å². The van der Waals surface area contributed by atoms with Crippen molar-refractivity contribution in [2.24, 2.45) is 0 Å². The molecule has 1 N–H and O–H groups in total. The number of hydrogen-bond donors (Lipinski definition) is 1. The van der Waals surface area contributed by atoms with Crippen LogP contribution in [0.15, 0.2) is 42.5 Å².